The van der Waals surface area contributed by atoms with Gasteiger partial charge in [0.1, 0.15) is 0 Å². The molecule has 0 radical (unpaired) electrons. The molecule has 1 atom stereocenters. The number of benzene rings is 1. The summed E-state index contributed by atoms with van der Waals surface area (Å²) in [5.74, 6) is -0.0902. The molecule has 4 aromatic rings. The number of aromatic nitrogens is 1. The standard InChI is InChI=1S/C21H16N2O2S2/c24-19-12-15(13-4-1-2-5-16(13)22-19)21(25)23-9-7-17-14(8-11-27-17)20(23)18-6-3-10-26-18/h1-6,8,10-12,20H,7,9H2,(H,22,24). The lowest BCUT2D eigenvalue weighted by molar-refractivity contribution is 0.0700. The van der Waals surface area contributed by atoms with Crippen molar-refractivity contribution in [2.75, 3.05) is 6.54 Å². The number of H-pyrrole nitrogens is 1. The predicted molar refractivity (Wildman–Crippen MR) is 110 cm³/mol. The zero-order valence-electron chi connectivity index (χ0n) is 14.3. The summed E-state index contributed by atoms with van der Waals surface area (Å²) in [6, 6.07) is 15.0. The Labute approximate surface area is 163 Å². The Morgan fingerprint density at radius 1 is 1.07 bits per heavy atom. The highest BCUT2D eigenvalue weighted by Gasteiger charge is 2.34. The Bertz CT molecular complexity index is 1190. The first-order chi connectivity index (χ1) is 13.2. The van der Waals surface area contributed by atoms with Crippen LogP contribution < -0.4 is 5.56 Å². The highest BCUT2D eigenvalue weighted by atomic mass is 32.1. The fraction of sp³-hybridized carbons (Fsp3) is 0.143. The van der Waals surface area contributed by atoms with E-state index < -0.39 is 0 Å². The third-order valence-corrected chi connectivity index (χ3v) is 6.94. The SMILES string of the molecule is O=C(c1cc(=O)[nH]c2ccccc12)N1CCc2sccc2C1c1cccs1. The van der Waals surface area contributed by atoms with E-state index in [4.69, 9.17) is 0 Å². The third-order valence-electron chi connectivity index (χ3n) is 5.02. The van der Waals surface area contributed by atoms with Crippen LogP contribution in [0.15, 0.2) is 64.1 Å². The molecule has 1 amide bonds. The van der Waals surface area contributed by atoms with E-state index in [2.05, 4.69) is 22.5 Å². The van der Waals surface area contributed by atoms with Crippen LogP contribution in [0.4, 0.5) is 0 Å². The molecule has 1 unspecified atom stereocenters. The number of hydrogen-bond acceptors (Lipinski definition) is 4. The van der Waals surface area contributed by atoms with Gasteiger partial charge in [0.05, 0.1) is 11.6 Å². The summed E-state index contributed by atoms with van der Waals surface area (Å²) in [6.45, 7) is 0.649. The number of nitrogens with zero attached hydrogens (tertiary/aromatic N) is 1. The first kappa shape index (κ1) is 16.5. The molecule has 6 heteroatoms. The Hall–Kier alpha value is -2.70. The van der Waals surface area contributed by atoms with E-state index in [9.17, 15) is 9.59 Å². The second kappa shape index (κ2) is 6.48. The van der Waals surface area contributed by atoms with Crippen LogP contribution in [-0.4, -0.2) is 22.3 Å². The van der Waals surface area contributed by atoms with E-state index in [1.807, 2.05) is 40.6 Å². The number of pyridine rings is 1. The lowest BCUT2D eigenvalue weighted by Crippen LogP contribution is -2.40. The van der Waals surface area contributed by atoms with Crippen molar-refractivity contribution in [3.63, 3.8) is 0 Å². The Morgan fingerprint density at radius 2 is 1.96 bits per heavy atom. The topological polar surface area (TPSA) is 53.2 Å². The van der Waals surface area contributed by atoms with Gasteiger partial charge in [-0.2, -0.15) is 0 Å². The van der Waals surface area contributed by atoms with Gasteiger partial charge in [-0.15, -0.1) is 22.7 Å². The van der Waals surface area contributed by atoms with Crippen LogP contribution in [0.1, 0.15) is 31.7 Å². The normalized spacial score (nSPS) is 16.4. The van der Waals surface area contributed by atoms with Crippen molar-refractivity contribution in [1.82, 2.24) is 9.88 Å². The van der Waals surface area contributed by atoms with Gasteiger partial charge in [-0.25, -0.2) is 0 Å². The lowest BCUT2D eigenvalue weighted by atomic mass is 9.97. The minimum atomic E-state index is -0.252. The molecule has 0 spiro atoms. The second-order valence-electron chi connectivity index (χ2n) is 6.56. The highest BCUT2D eigenvalue weighted by Crippen LogP contribution is 2.40. The van der Waals surface area contributed by atoms with Gasteiger partial charge in [-0.3, -0.25) is 9.59 Å². The molecule has 27 heavy (non-hydrogen) atoms. The maximum absolute atomic E-state index is 13.6. The fourth-order valence-corrected chi connectivity index (χ4v) is 5.58. The number of nitrogens with one attached hydrogen (secondary N) is 1. The van der Waals surface area contributed by atoms with E-state index in [0.717, 1.165) is 16.7 Å². The molecule has 0 bridgehead atoms. The van der Waals surface area contributed by atoms with E-state index in [-0.39, 0.29) is 17.5 Å². The molecule has 0 fully saturated rings. The summed E-state index contributed by atoms with van der Waals surface area (Å²) in [5.41, 5.74) is 2.11. The van der Waals surface area contributed by atoms with Gasteiger partial charge in [0.25, 0.3) is 5.91 Å². The van der Waals surface area contributed by atoms with Crippen molar-refractivity contribution in [1.29, 1.82) is 0 Å². The molecular weight excluding hydrogens is 376 g/mol. The zero-order chi connectivity index (χ0) is 18.4. The van der Waals surface area contributed by atoms with Crippen molar-refractivity contribution in [3.05, 3.63) is 90.5 Å². The first-order valence-electron chi connectivity index (χ1n) is 8.75. The molecular formula is C21H16N2O2S2. The van der Waals surface area contributed by atoms with Gasteiger partial charge < -0.3 is 9.88 Å². The molecule has 134 valence electrons. The van der Waals surface area contributed by atoms with Crippen LogP contribution in [0.2, 0.25) is 0 Å². The van der Waals surface area contributed by atoms with E-state index >= 15 is 0 Å². The summed E-state index contributed by atoms with van der Waals surface area (Å²) < 4.78 is 0. The van der Waals surface area contributed by atoms with Crippen LogP contribution in [0.3, 0.4) is 0 Å². The van der Waals surface area contributed by atoms with Gasteiger partial charge in [-0.05, 0) is 40.9 Å². The van der Waals surface area contributed by atoms with Gasteiger partial charge in [0.15, 0.2) is 0 Å². The number of carbonyl (C=O) groups excluding carboxylic acids is 1. The Kier molecular flexibility index (Phi) is 3.95. The lowest BCUT2D eigenvalue weighted by Gasteiger charge is -2.35. The molecule has 1 aromatic carbocycles. The number of carbonyl (C=O) groups is 1. The third kappa shape index (κ3) is 2.72. The minimum Gasteiger partial charge on any atom is -0.326 e. The number of amides is 1. The Morgan fingerprint density at radius 3 is 2.81 bits per heavy atom. The van der Waals surface area contributed by atoms with Crippen LogP contribution in [0.25, 0.3) is 10.9 Å². The fourth-order valence-electron chi connectivity index (χ4n) is 3.83. The summed E-state index contributed by atoms with van der Waals surface area (Å²) in [6.07, 6.45) is 0.849. The Balaban J connectivity index is 1.66. The zero-order valence-corrected chi connectivity index (χ0v) is 16.0. The van der Waals surface area contributed by atoms with Crippen LogP contribution in [-0.2, 0) is 6.42 Å². The number of rotatable bonds is 2. The average molecular weight is 393 g/mol. The molecule has 3 aromatic heterocycles. The van der Waals surface area contributed by atoms with Gasteiger partial charge in [0.2, 0.25) is 5.56 Å². The van der Waals surface area contributed by atoms with E-state index in [0.29, 0.717) is 17.6 Å². The number of para-hydroxylation sites is 1. The van der Waals surface area contributed by atoms with E-state index in [1.165, 1.54) is 16.5 Å². The van der Waals surface area contributed by atoms with Crippen molar-refractivity contribution >= 4 is 39.5 Å². The smallest absolute Gasteiger partial charge is 0.255 e. The number of thiophene rings is 2. The quantitative estimate of drug-likeness (QED) is 0.548. The summed E-state index contributed by atoms with van der Waals surface area (Å²) >= 11 is 3.42. The molecule has 1 aliphatic rings. The van der Waals surface area contributed by atoms with Crippen LogP contribution >= 0.6 is 22.7 Å². The van der Waals surface area contributed by atoms with Crippen LogP contribution in [0, 0.1) is 0 Å². The predicted octanol–water partition coefficient (Wildman–Crippen LogP) is 4.44. The van der Waals surface area contributed by atoms with Crippen molar-refractivity contribution in [2.45, 2.75) is 12.5 Å². The maximum Gasteiger partial charge on any atom is 0.255 e. The highest BCUT2D eigenvalue weighted by molar-refractivity contribution is 7.10. The minimum absolute atomic E-state index is 0.0902. The summed E-state index contributed by atoms with van der Waals surface area (Å²) in [5, 5.41) is 4.92. The van der Waals surface area contributed by atoms with Crippen molar-refractivity contribution < 1.29 is 4.79 Å². The van der Waals surface area contributed by atoms with Gasteiger partial charge >= 0.3 is 0 Å². The number of hydrogen-bond donors (Lipinski definition) is 1. The van der Waals surface area contributed by atoms with Crippen molar-refractivity contribution in [2.24, 2.45) is 0 Å². The monoisotopic (exact) mass is 392 g/mol. The maximum atomic E-state index is 13.6. The second-order valence-corrected chi connectivity index (χ2v) is 8.54. The molecule has 4 heterocycles. The molecule has 0 aliphatic carbocycles. The van der Waals surface area contributed by atoms with E-state index in [1.54, 1.807) is 22.7 Å². The largest absolute Gasteiger partial charge is 0.326 e. The number of fused-ring (bicyclic) bond motifs is 2. The van der Waals surface area contributed by atoms with Gasteiger partial charge in [0, 0.05) is 33.3 Å². The average Bonchev–Trinajstić information content (AvgIpc) is 3.37. The molecule has 0 saturated carbocycles. The molecule has 5 rings (SSSR count). The first-order valence-corrected chi connectivity index (χ1v) is 10.5. The molecule has 1 aliphatic heterocycles. The van der Waals surface area contributed by atoms with Crippen LogP contribution in [0.5, 0.6) is 0 Å². The molecule has 1 N–H and O–H groups in total. The molecule has 0 saturated heterocycles. The van der Waals surface area contributed by atoms with Crippen molar-refractivity contribution in [3.8, 4) is 0 Å². The summed E-state index contributed by atoms with van der Waals surface area (Å²) in [7, 11) is 0. The van der Waals surface area contributed by atoms with Gasteiger partial charge in [-0.1, -0.05) is 24.3 Å². The number of aromatic amines is 1. The summed E-state index contributed by atoms with van der Waals surface area (Å²) in [4.78, 5) is 32.9. The molecule has 4 nitrogen and oxygen atoms in total.